The summed E-state index contributed by atoms with van der Waals surface area (Å²) >= 11 is 0. The standard InChI is InChI=1S/C24H25N3O3/c1-14-7-12-20(25-13-14)27-24(29)21-15(2)26-18-5-4-6-19(28)23(18)22(21)16-8-10-17(30-3)11-9-16/h7-13,22,26H,4-6H2,1-3H3,(H,25,27,29)/t22-/m1/s1. The number of dihydropyridines is 1. The van der Waals surface area contributed by atoms with E-state index in [2.05, 4.69) is 15.6 Å². The molecule has 1 amide bonds. The third-order valence-electron chi connectivity index (χ3n) is 5.62. The molecule has 1 aliphatic heterocycles. The van der Waals surface area contributed by atoms with Gasteiger partial charge in [-0.05, 0) is 56.0 Å². The van der Waals surface area contributed by atoms with Crippen LogP contribution in [0.1, 0.15) is 43.2 Å². The maximum Gasteiger partial charge on any atom is 0.255 e. The fraction of sp³-hybridized carbons (Fsp3) is 0.292. The molecule has 30 heavy (non-hydrogen) atoms. The van der Waals surface area contributed by atoms with Crippen LogP contribution in [-0.4, -0.2) is 23.8 Å². The third-order valence-corrected chi connectivity index (χ3v) is 5.62. The highest BCUT2D eigenvalue weighted by molar-refractivity contribution is 6.09. The van der Waals surface area contributed by atoms with Gasteiger partial charge in [-0.1, -0.05) is 18.2 Å². The van der Waals surface area contributed by atoms with Gasteiger partial charge in [0.25, 0.3) is 5.91 Å². The quantitative estimate of drug-likeness (QED) is 0.806. The van der Waals surface area contributed by atoms with Gasteiger partial charge in [0, 0.05) is 41.1 Å². The molecule has 2 N–H and O–H groups in total. The van der Waals surface area contributed by atoms with Crippen molar-refractivity contribution in [3.05, 3.63) is 76.3 Å². The Hall–Kier alpha value is -3.41. The Morgan fingerprint density at radius 1 is 1.13 bits per heavy atom. The molecule has 1 aromatic carbocycles. The van der Waals surface area contributed by atoms with Crippen molar-refractivity contribution in [1.29, 1.82) is 0 Å². The highest BCUT2D eigenvalue weighted by atomic mass is 16.5. The van der Waals surface area contributed by atoms with Crippen molar-refractivity contribution in [2.45, 2.75) is 39.0 Å². The van der Waals surface area contributed by atoms with Gasteiger partial charge >= 0.3 is 0 Å². The van der Waals surface area contributed by atoms with E-state index >= 15 is 0 Å². The first-order valence-electron chi connectivity index (χ1n) is 10.1. The molecule has 2 aliphatic rings. The van der Waals surface area contributed by atoms with Crippen molar-refractivity contribution in [2.24, 2.45) is 0 Å². The van der Waals surface area contributed by atoms with E-state index in [0.29, 0.717) is 23.4 Å². The fourth-order valence-electron chi connectivity index (χ4n) is 4.14. The minimum atomic E-state index is -0.426. The number of aryl methyl sites for hydroxylation is 1. The van der Waals surface area contributed by atoms with E-state index in [1.54, 1.807) is 19.4 Å². The maximum atomic E-state index is 13.3. The molecule has 0 saturated carbocycles. The van der Waals surface area contributed by atoms with Crippen LogP contribution < -0.4 is 15.4 Å². The fourth-order valence-corrected chi connectivity index (χ4v) is 4.14. The Labute approximate surface area is 176 Å². The summed E-state index contributed by atoms with van der Waals surface area (Å²) in [4.78, 5) is 30.5. The second-order valence-corrected chi connectivity index (χ2v) is 7.71. The number of nitrogens with one attached hydrogen (secondary N) is 2. The van der Waals surface area contributed by atoms with Gasteiger partial charge in [0.05, 0.1) is 7.11 Å². The SMILES string of the molecule is COc1ccc([C@@H]2C(C(=O)Nc3ccc(C)cn3)=C(C)NC3=C2C(=O)CCC3)cc1. The van der Waals surface area contributed by atoms with Crippen LogP contribution in [0.2, 0.25) is 0 Å². The van der Waals surface area contributed by atoms with Gasteiger partial charge in [-0.25, -0.2) is 4.98 Å². The van der Waals surface area contributed by atoms with Crippen molar-refractivity contribution in [3.63, 3.8) is 0 Å². The summed E-state index contributed by atoms with van der Waals surface area (Å²) in [6, 6.07) is 11.2. The number of carbonyl (C=O) groups is 2. The van der Waals surface area contributed by atoms with E-state index in [0.717, 1.165) is 41.1 Å². The Morgan fingerprint density at radius 2 is 1.90 bits per heavy atom. The first-order valence-corrected chi connectivity index (χ1v) is 10.1. The van der Waals surface area contributed by atoms with E-state index in [4.69, 9.17) is 4.74 Å². The molecule has 1 aliphatic carbocycles. The van der Waals surface area contributed by atoms with Crippen LogP contribution in [0.5, 0.6) is 5.75 Å². The van der Waals surface area contributed by atoms with Crippen molar-refractivity contribution in [3.8, 4) is 5.75 Å². The van der Waals surface area contributed by atoms with E-state index in [1.165, 1.54) is 0 Å². The van der Waals surface area contributed by atoms with Crippen LogP contribution in [0.3, 0.4) is 0 Å². The molecule has 0 spiro atoms. The molecule has 1 atom stereocenters. The Kier molecular flexibility index (Phi) is 5.40. The van der Waals surface area contributed by atoms with Gasteiger partial charge in [0.1, 0.15) is 11.6 Å². The minimum absolute atomic E-state index is 0.0934. The average Bonchev–Trinajstić information content (AvgIpc) is 2.74. The van der Waals surface area contributed by atoms with Crippen LogP contribution in [0.15, 0.2) is 65.1 Å². The summed E-state index contributed by atoms with van der Waals surface area (Å²) in [5, 5.41) is 6.22. The number of hydrogen-bond acceptors (Lipinski definition) is 5. The van der Waals surface area contributed by atoms with Crippen molar-refractivity contribution >= 4 is 17.5 Å². The summed E-state index contributed by atoms with van der Waals surface area (Å²) in [5.74, 6) is 0.616. The molecule has 2 heterocycles. The highest BCUT2D eigenvalue weighted by Crippen LogP contribution is 2.42. The summed E-state index contributed by atoms with van der Waals surface area (Å²) in [6.07, 6.45) is 3.84. The number of benzene rings is 1. The molecule has 1 aromatic heterocycles. The number of carbonyl (C=O) groups excluding carboxylic acids is 2. The molecule has 0 unspecified atom stereocenters. The normalized spacial score (nSPS) is 18.6. The lowest BCUT2D eigenvalue weighted by Gasteiger charge is -2.34. The number of ketones is 1. The molecule has 0 radical (unpaired) electrons. The average molecular weight is 403 g/mol. The summed E-state index contributed by atoms with van der Waals surface area (Å²) < 4.78 is 5.28. The molecule has 6 nitrogen and oxygen atoms in total. The zero-order valence-corrected chi connectivity index (χ0v) is 17.4. The van der Waals surface area contributed by atoms with Crippen LogP contribution >= 0.6 is 0 Å². The summed E-state index contributed by atoms with van der Waals surface area (Å²) in [6.45, 7) is 3.83. The van der Waals surface area contributed by atoms with Crippen LogP contribution in [0.25, 0.3) is 0 Å². The second-order valence-electron chi connectivity index (χ2n) is 7.71. The smallest absolute Gasteiger partial charge is 0.255 e. The highest BCUT2D eigenvalue weighted by Gasteiger charge is 2.38. The van der Waals surface area contributed by atoms with Crippen LogP contribution in [-0.2, 0) is 9.59 Å². The second kappa shape index (κ2) is 8.14. The molecule has 0 saturated heterocycles. The molecular formula is C24H25N3O3. The third kappa shape index (κ3) is 3.73. The van der Waals surface area contributed by atoms with Gasteiger partial charge < -0.3 is 15.4 Å². The molecule has 2 aromatic rings. The molecule has 154 valence electrons. The molecular weight excluding hydrogens is 378 g/mol. The number of allylic oxidation sites excluding steroid dienone is 3. The molecule has 0 bridgehead atoms. The lowest BCUT2D eigenvalue weighted by atomic mass is 9.75. The van der Waals surface area contributed by atoms with Crippen molar-refractivity contribution in [2.75, 3.05) is 12.4 Å². The lowest BCUT2D eigenvalue weighted by molar-refractivity contribution is -0.116. The molecule has 6 heteroatoms. The number of ether oxygens (including phenoxy) is 1. The van der Waals surface area contributed by atoms with Crippen LogP contribution in [0.4, 0.5) is 5.82 Å². The zero-order valence-electron chi connectivity index (χ0n) is 17.4. The number of pyridine rings is 1. The predicted octanol–water partition coefficient (Wildman–Crippen LogP) is 4.01. The number of nitrogens with zero attached hydrogens (tertiary/aromatic N) is 1. The number of hydrogen-bond donors (Lipinski definition) is 2. The number of Topliss-reactive ketones (excluding diaryl/α,β-unsaturated/α-hetero) is 1. The van der Waals surface area contributed by atoms with Crippen molar-refractivity contribution < 1.29 is 14.3 Å². The number of rotatable bonds is 4. The largest absolute Gasteiger partial charge is 0.497 e. The van der Waals surface area contributed by atoms with Crippen molar-refractivity contribution in [1.82, 2.24) is 10.3 Å². The van der Waals surface area contributed by atoms with Crippen LogP contribution in [0, 0.1) is 6.92 Å². The van der Waals surface area contributed by atoms with Gasteiger partial charge in [-0.3, -0.25) is 9.59 Å². The molecule has 0 fully saturated rings. The van der Waals surface area contributed by atoms with E-state index in [1.807, 2.05) is 44.2 Å². The summed E-state index contributed by atoms with van der Waals surface area (Å²) in [5.41, 5.74) is 4.82. The minimum Gasteiger partial charge on any atom is -0.497 e. The number of anilines is 1. The number of amides is 1. The topological polar surface area (TPSA) is 80.3 Å². The molecule has 4 rings (SSSR count). The Balaban J connectivity index is 1.76. The van der Waals surface area contributed by atoms with Gasteiger partial charge in [-0.2, -0.15) is 0 Å². The first-order chi connectivity index (χ1) is 14.5. The zero-order chi connectivity index (χ0) is 21.3. The Morgan fingerprint density at radius 3 is 2.57 bits per heavy atom. The van der Waals surface area contributed by atoms with E-state index in [-0.39, 0.29) is 11.7 Å². The monoisotopic (exact) mass is 403 g/mol. The van der Waals surface area contributed by atoms with E-state index < -0.39 is 5.92 Å². The predicted molar refractivity (Wildman–Crippen MR) is 115 cm³/mol. The lowest BCUT2D eigenvalue weighted by Crippen LogP contribution is -2.35. The number of aromatic nitrogens is 1. The van der Waals surface area contributed by atoms with Gasteiger partial charge in [-0.15, -0.1) is 0 Å². The van der Waals surface area contributed by atoms with E-state index in [9.17, 15) is 9.59 Å². The van der Waals surface area contributed by atoms with Gasteiger partial charge in [0.2, 0.25) is 0 Å². The number of methoxy groups -OCH3 is 1. The Bertz CT molecular complexity index is 1050. The maximum absolute atomic E-state index is 13.3. The van der Waals surface area contributed by atoms with Gasteiger partial charge in [0.15, 0.2) is 5.78 Å². The summed E-state index contributed by atoms with van der Waals surface area (Å²) in [7, 11) is 1.61. The first kappa shape index (κ1) is 19.9.